The Kier molecular flexibility index (Phi) is 8.06. The lowest BCUT2D eigenvalue weighted by atomic mass is 9.42. The van der Waals surface area contributed by atoms with Crippen molar-refractivity contribution in [2.24, 2.45) is 0 Å². The number of aryl methyl sites for hydroxylation is 1. The molecule has 0 spiro atoms. The minimum Gasteiger partial charge on any atom is -0.456 e. The van der Waals surface area contributed by atoms with Crippen LogP contribution in [0.5, 0.6) is 0 Å². The van der Waals surface area contributed by atoms with E-state index in [-0.39, 0.29) is 34.0 Å². The fourth-order valence-corrected chi connectivity index (χ4v) is 15.5. The molecule has 14 rings (SSSR count). The van der Waals surface area contributed by atoms with Gasteiger partial charge in [0.25, 0.3) is 0 Å². The molecule has 5 aliphatic rings. The molecule has 5 heteroatoms. The number of para-hydroxylation sites is 1. The summed E-state index contributed by atoms with van der Waals surface area (Å²) in [6.07, 6.45) is 7.22. The first-order valence-corrected chi connectivity index (χ1v) is 26.3. The largest absolute Gasteiger partial charge is 0.456 e. The van der Waals surface area contributed by atoms with Crippen molar-refractivity contribution in [3.63, 3.8) is 0 Å². The second-order valence-corrected chi connectivity index (χ2v) is 25.4. The van der Waals surface area contributed by atoms with Crippen LogP contribution in [0.3, 0.4) is 0 Å². The van der Waals surface area contributed by atoms with E-state index in [1.54, 1.807) is 0 Å². The molecule has 0 radical (unpaired) electrons. The van der Waals surface area contributed by atoms with Crippen LogP contribution in [-0.4, -0.2) is 12.4 Å². The number of anilines is 4. The van der Waals surface area contributed by atoms with E-state index in [0.29, 0.717) is 0 Å². The molecule has 2 aliphatic carbocycles. The third kappa shape index (κ3) is 5.22. The number of benzene rings is 7. The highest BCUT2D eigenvalue weighted by molar-refractivity contribution is 7.26. The van der Waals surface area contributed by atoms with Crippen molar-refractivity contribution in [2.75, 3.05) is 9.71 Å². The van der Waals surface area contributed by atoms with Gasteiger partial charge in [0.05, 0.1) is 5.54 Å². The Morgan fingerprint density at radius 3 is 2.09 bits per heavy atom. The molecule has 2 atom stereocenters. The quantitative estimate of drug-likeness (QED) is 0.161. The fraction of sp³-hybridized carbons (Fsp3) is 0.333. The van der Waals surface area contributed by atoms with Gasteiger partial charge in [-0.1, -0.05) is 141 Å². The lowest BCUT2D eigenvalue weighted by molar-refractivity contribution is 0.195. The molecule has 0 N–H and O–H groups in total. The van der Waals surface area contributed by atoms with Gasteiger partial charge < -0.3 is 14.1 Å². The molecule has 0 saturated heterocycles. The highest BCUT2D eigenvalue weighted by Crippen LogP contribution is 2.64. The second kappa shape index (κ2) is 13.3. The van der Waals surface area contributed by atoms with Crippen LogP contribution in [0.15, 0.2) is 120 Å². The molecule has 3 nitrogen and oxygen atoms in total. The van der Waals surface area contributed by atoms with Gasteiger partial charge in [0.2, 0.25) is 0 Å². The van der Waals surface area contributed by atoms with Crippen LogP contribution in [0.4, 0.5) is 22.7 Å². The first kappa shape index (κ1) is 41.2. The number of hydrogen-bond donors (Lipinski definition) is 0. The van der Waals surface area contributed by atoms with Gasteiger partial charge in [-0.05, 0) is 143 Å². The molecule has 338 valence electrons. The highest BCUT2D eigenvalue weighted by Gasteiger charge is 2.62. The summed E-state index contributed by atoms with van der Waals surface area (Å²) in [7, 11) is 0. The number of furan rings is 1. The lowest BCUT2D eigenvalue weighted by Gasteiger charge is -2.53. The molecular formula is C63H61BN2OS. The SMILES string of the molecule is Cc1ccc(N2B3c4cc(C(C)(C)C)cc5c4N(c4cc6oc7ccccc7c6c(c43)-c3cc4c(cc32)sc2cc3c(cc24)C(C)(C)CCC3(C)C)C2(C)CCCCC52C)c(-c2ccccc2)c1. The van der Waals surface area contributed by atoms with Gasteiger partial charge in [0.15, 0.2) is 0 Å². The van der Waals surface area contributed by atoms with Crippen molar-refractivity contribution in [2.45, 2.75) is 135 Å². The summed E-state index contributed by atoms with van der Waals surface area (Å²) in [6.45, 7) is 24.5. The van der Waals surface area contributed by atoms with E-state index in [0.717, 1.165) is 17.6 Å². The summed E-state index contributed by atoms with van der Waals surface area (Å²) in [5.41, 5.74) is 22.5. The predicted molar refractivity (Wildman–Crippen MR) is 293 cm³/mol. The topological polar surface area (TPSA) is 19.6 Å². The summed E-state index contributed by atoms with van der Waals surface area (Å²) in [5.74, 6) is 0. The first-order chi connectivity index (χ1) is 32.5. The van der Waals surface area contributed by atoms with Crippen molar-refractivity contribution in [1.82, 2.24) is 0 Å². The molecule has 2 aromatic heterocycles. The lowest BCUT2D eigenvalue weighted by Crippen LogP contribution is -2.64. The fourth-order valence-electron chi connectivity index (χ4n) is 14.3. The average Bonchev–Trinajstić information content (AvgIpc) is 3.93. The average molecular weight is 905 g/mol. The molecule has 1 fully saturated rings. The van der Waals surface area contributed by atoms with Gasteiger partial charge in [0.1, 0.15) is 11.2 Å². The van der Waals surface area contributed by atoms with E-state index in [2.05, 4.69) is 194 Å². The van der Waals surface area contributed by atoms with Crippen molar-refractivity contribution in [3.05, 3.63) is 143 Å². The highest BCUT2D eigenvalue weighted by atomic mass is 32.1. The van der Waals surface area contributed by atoms with E-state index in [9.17, 15) is 0 Å². The zero-order chi connectivity index (χ0) is 46.6. The van der Waals surface area contributed by atoms with Crippen molar-refractivity contribution < 1.29 is 4.42 Å². The number of thiophene rings is 1. The van der Waals surface area contributed by atoms with Gasteiger partial charge in [-0.15, -0.1) is 11.3 Å². The van der Waals surface area contributed by atoms with Gasteiger partial charge in [0, 0.05) is 76.3 Å². The number of nitrogens with zero attached hydrogens (tertiary/aromatic N) is 2. The monoisotopic (exact) mass is 904 g/mol. The summed E-state index contributed by atoms with van der Waals surface area (Å²) in [5, 5.41) is 5.18. The van der Waals surface area contributed by atoms with Crippen LogP contribution in [0.2, 0.25) is 0 Å². The van der Waals surface area contributed by atoms with Gasteiger partial charge >= 0.3 is 6.85 Å². The van der Waals surface area contributed by atoms with Crippen LogP contribution in [-0.2, 0) is 21.7 Å². The third-order valence-electron chi connectivity index (χ3n) is 18.4. The van der Waals surface area contributed by atoms with Gasteiger partial charge in [-0.2, -0.15) is 0 Å². The van der Waals surface area contributed by atoms with E-state index in [4.69, 9.17) is 4.42 Å². The standard InChI is InChI=1S/C63H61BN2OS/c1-36-22-23-48(40(28-36)37-18-12-11-13-19-37)66-49-35-54-41(42-32-44-45(33-53(42)68-54)61(7,8)27-26-60(44,5)6)31-43(49)56-55-39-20-14-15-21-51(39)67-52(55)34-50-57(56)64(66)47-30-38(59(2,3)4)29-46-58(47)65(50)63(10)25-17-16-24-62(46,63)9/h11-15,18-23,28-35H,16-17,24-27H2,1-10H3. The molecule has 0 amide bonds. The number of fused-ring (bicyclic) bond motifs is 15. The summed E-state index contributed by atoms with van der Waals surface area (Å²) >= 11 is 1.99. The Labute approximate surface area is 406 Å². The molecule has 0 bridgehead atoms. The minimum atomic E-state index is -0.116. The van der Waals surface area contributed by atoms with E-state index in [1.165, 1.54) is 147 Å². The van der Waals surface area contributed by atoms with Crippen LogP contribution in [0.25, 0.3) is 64.4 Å². The third-order valence-corrected chi connectivity index (χ3v) is 19.6. The summed E-state index contributed by atoms with van der Waals surface area (Å²) in [4.78, 5) is 5.68. The van der Waals surface area contributed by atoms with Crippen molar-refractivity contribution >= 4 is 94.0 Å². The molecular weight excluding hydrogens is 844 g/mol. The molecule has 7 aromatic carbocycles. The van der Waals surface area contributed by atoms with Crippen LogP contribution < -0.4 is 20.6 Å². The molecule has 5 heterocycles. The predicted octanol–water partition coefficient (Wildman–Crippen LogP) is 16.6. The maximum atomic E-state index is 7.10. The number of rotatable bonds is 2. The minimum absolute atomic E-state index is 0.0282. The maximum absolute atomic E-state index is 7.10. The molecule has 3 aliphatic heterocycles. The Hall–Kier alpha value is -5.78. The Balaban J connectivity index is 1.19. The van der Waals surface area contributed by atoms with Gasteiger partial charge in [-0.25, -0.2) is 0 Å². The van der Waals surface area contributed by atoms with Crippen LogP contribution >= 0.6 is 11.3 Å². The van der Waals surface area contributed by atoms with Crippen LogP contribution in [0, 0.1) is 6.92 Å². The first-order valence-electron chi connectivity index (χ1n) is 25.5. The summed E-state index contributed by atoms with van der Waals surface area (Å²) < 4.78 is 9.84. The zero-order valence-electron chi connectivity index (χ0n) is 41.5. The van der Waals surface area contributed by atoms with Crippen molar-refractivity contribution in [3.8, 4) is 22.3 Å². The normalized spacial score (nSPS) is 21.9. The zero-order valence-corrected chi connectivity index (χ0v) is 42.3. The second-order valence-electron chi connectivity index (χ2n) is 24.3. The van der Waals surface area contributed by atoms with Crippen molar-refractivity contribution in [1.29, 1.82) is 0 Å². The maximum Gasteiger partial charge on any atom is 0.333 e. The van der Waals surface area contributed by atoms with Gasteiger partial charge in [-0.3, -0.25) is 0 Å². The van der Waals surface area contributed by atoms with E-state index < -0.39 is 0 Å². The van der Waals surface area contributed by atoms with E-state index >= 15 is 0 Å². The Morgan fingerprint density at radius 2 is 1.31 bits per heavy atom. The Bertz CT molecular complexity index is 3700. The molecule has 1 saturated carbocycles. The van der Waals surface area contributed by atoms with E-state index in [1.807, 2.05) is 11.3 Å². The molecule has 9 aromatic rings. The number of hydrogen-bond acceptors (Lipinski definition) is 4. The summed E-state index contributed by atoms with van der Waals surface area (Å²) in [6, 6.07) is 45.3. The molecule has 2 unspecified atom stereocenters. The Morgan fingerprint density at radius 1 is 0.603 bits per heavy atom. The molecule has 68 heavy (non-hydrogen) atoms. The smallest absolute Gasteiger partial charge is 0.333 e. The van der Waals surface area contributed by atoms with Crippen LogP contribution in [0.1, 0.15) is 129 Å².